The summed E-state index contributed by atoms with van der Waals surface area (Å²) in [5.41, 5.74) is 3.52. The van der Waals surface area contributed by atoms with E-state index in [0.29, 0.717) is 11.3 Å². The van der Waals surface area contributed by atoms with Gasteiger partial charge in [-0.25, -0.2) is 0 Å². The zero-order valence-electron chi connectivity index (χ0n) is 10.5. The molecule has 3 N–H and O–H groups in total. The Labute approximate surface area is 115 Å². The zero-order chi connectivity index (χ0) is 13.4. The number of hydrogen-bond acceptors (Lipinski definition) is 5. The summed E-state index contributed by atoms with van der Waals surface area (Å²) in [7, 11) is 0. The lowest BCUT2D eigenvalue weighted by Gasteiger charge is -2.03. The number of aromatic hydroxyl groups is 1. The highest BCUT2D eigenvalue weighted by molar-refractivity contribution is 7.14. The smallest absolute Gasteiger partial charge is 0.143 e. The molecule has 0 aliphatic carbocycles. The molecule has 2 heterocycles. The summed E-state index contributed by atoms with van der Waals surface area (Å²) in [5.74, 6) is 6.45. The average molecular weight is 274 g/mol. The van der Waals surface area contributed by atoms with Gasteiger partial charge in [-0.05, 0) is 36.2 Å². The molecule has 1 aliphatic rings. The van der Waals surface area contributed by atoms with Crippen molar-refractivity contribution in [2.75, 3.05) is 6.61 Å². The van der Waals surface area contributed by atoms with Gasteiger partial charge in [0.15, 0.2) is 0 Å². The highest BCUT2D eigenvalue weighted by Crippen LogP contribution is 2.40. The molecule has 5 heteroatoms. The molecule has 0 atom stereocenters. The lowest BCUT2D eigenvalue weighted by molar-refractivity contribution is 0.357. The summed E-state index contributed by atoms with van der Waals surface area (Å²) in [6, 6.07) is 6.00. The molecule has 3 rings (SSSR count). The first kappa shape index (κ1) is 12.0. The predicted octanol–water partition coefficient (Wildman–Crippen LogP) is 2.74. The van der Waals surface area contributed by atoms with Gasteiger partial charge in [-0.2, -0.15) is 5.10 Å². The summed E-state index contributed by atoms with van der Waals surface area (Å²) >= 11 is 1.49. The van der Waals surface area contributed by atoms with Crippen molar-refractivity contribution in [3.63, 3.8) is 0 Å². The molecule has 19 heavy (non-hydrogen) atoms. The highest BCUT2D eigenvalue weighted by atomic mass is 32.1. The van der Waals surface area contributed by atoms with Crippen LogP contribution in [-0.2, 0) is 6.42 Å². The summed E-state index contributed by atoms with van der Waals surface area (Å²) in [4.78, 5) is 0.840. The van der Waals surface area contributed by atoms with Crippen LogP contribution in [0.3, 0.4) is 0 Å². The fourth-order valence-electron chi connectivity index (χ4n) is 2.21. The van der Waals surface area contributed by atoms with Crippen LogP contribution >= 0.6 is 11.3 Å². The van der Waals surface area contributed by atoms with E-state index in [0.717, 1.165) is 29.2 Å². The number of fused-ring (bicyclic) bond motifs is 1. The second-order valence-corrected chi connectivity index (χ2v) is 5.34. The molecule has 0 radical (unpaired) electrons. The third-order valence-electron chi connectivity index (χ3n) is 3.30. The van der Waals surface area contributed by atoms with Crippen LogP contribution in [-0.4, -0.2) is 17.4 Å². The molecule has 1 aromatic carbocycles. The number of nitrogens with two attached hydrogens (primary N) is 1. The average Bonchev–Trinajstić information content (AvgIpc) is 3.03. The van der Waals surface area contributed by atoms with Crippen LogP contribution in [0.25, 0.3) is 10.4 Å². The first-order valence-electron chi connectivity index (χ1n) is 6.02. The van der Waals surface area contributed by atoms with Crippen molar-refractivity contribution in [3.05, 3.63) is 34.7 Å². The molecule has 0 fully saturated rings. The SMILES string of the molecule is CC(=NN)c1csc(-c2ccc3c(c2)CCO3)c1O. The molecule has 1 aliphatic heterocycles. The highest BCUT2D eigenvalue weighted by Gasteiger charge is 2.17. The van der Waals surface area contributed by atoms with Gasteiger partial charge in [0.05, 0.1) is 22.8 Å². The minimum atomic E-state index is 0.246. The van der Waals surface area contributed by atoms with E-state index in [1.807, 2.05) is 17.5 Å². The third kappa shape index (κ3) is 1.96. The van der Waals surface area contributed by atoms with Crippen molar-refractivity contribution in [2.24, 2.45) is 10.9 Å². The van der Waals surface area contributed by atoms with Crippen LogP contribution < -0.4 is 10.6 Å². The van der Waals surface area contributed by atoms with Crippen LogP contribution in [0.2, 0.25) is 0 Å². The molecule has 0 amide bonds. The molecule has 2 aromatic rings. The maximum Gasteiger partial charge on any atom is 0.143 e. The quantitative estimate of drug-likeness (QED) is 0.502. The summed E-state index contributed by atoms with van der Waals surface area (Å²) < 4.78 is 5.49. The number of thiophene rings is 1. The van der Waals surface area contributed by atoms with Gasteiger partial charge in [-0.3, -0.25) is 0 Å². The van der Waals surface area contributed by atoms with Crippen LogP contribution in [0.1, 0.15) is 18.1 Å². The van der Waals surface area contributed by atoms with Gasteiger partial charge in [-0.15, -0.1) is 11.3 Å². The fraction of sp³-hybridized carbons (Fsp3) is 0.214. The molecule has 0 saturated carbocycles. The van der Waals surface area contributed by atoms with E-state index in [1.54, 1.807) is 6.92 Å². The number of hydrazone groups is 1. The lowest BCUT2D eigenvalue weighted by Crippen LogP contribution is -1.96. The number of hydrogen-bond donors (Lipinski definition) is 2. The Morgan fingerprint density at radius 2 is 2.32 bits per heavy atom. The Morgan fingerprint density at radius 1 is 1.47 bits per heavy atom. The van der Waals surface area contributed by atoms with Crippen LogP contribution in [0.5, 0.6) is 11.5 Å². The van der Waals surface area contributed by atoms with Crippen molar-refractivity contribution in [2.45, 2.75) is 13.3 Å². The van der Waals surface area contributed by atoms with Crippen LogP contribution in [0.15, 0.2) is 28.7 Å². The first-order valence-corrected chi connectivity index (χ1v) is 6.90. The van der Waals surface area contributed by atoms with Crippen molar-refractivity contribution < 1.29 is 9.84 Å². The van der Waals surface area contributed by atoms with E-state index in [-0.39, 0.29) is 5.75 Å². The van der Waals surface area contributed by atoms with Crippen molar-refractivity contribution in [1.29, 1.82) is 0 Å². The largest absolute Gasteiger partial charge is 0.506 e. The molecule has 0 unspecified atom stereocenters. The molecule has 1 aromatic heterocycles. The molecule has 98 valence electrons. The van der Waals surface area contributed by atoms with E-state index in [2.05, 4.69) is 11.2 Å². The Hall–Kier alpha value is -2.01. The van der Waals surface area contributed by atoms with Crippen LogP contribution in [0.4, 0.5) is 0 Å². The van der Waals surface area contributed by atoms with Gasteiger partial charge >= 0.3 is 0 Å². The molecule has 4 nitrogen and oxygen atoms in total. The topological polar surface area (TPSA) is 67.8 Å². The normalized spacial score (nSPS) is 14.3. The monoisotopic (exact) mass is 274 g/mol. The fourth-order valence-corrected chi connectivity index (χ4v) is 3.21. The Balaban J connectivity index is 2.06. The van der Waals surface area contributed by atoms with Crippen molar-refractivity contribution in [1.82, 2.24) is 0 Å². The second-order valence-electron chi connectivity index (χ2n) is 4.46. The van der Waals surface area contributed by atoms with E-state index in [4.69, 9.17) is 10.6 Å². The lowest BCUT2D eigenvalue weighted by atomic mass is 10.1. The Morgan fingerprint density at radius 3 is 3.11 bits per heavy atom. The Kier molecular flexibility index (Phi) is 2.91. The maximum absolute atomic E-state index is 10.3. The third-order valence-corrected chi connectivity index (χ3v) is 4.32. The van der Waals surface area contributed by atoms with Gasteiger partial charge in [0.2, 0.25) is 0 Å². The first-order chi connectivity index (χ1) is 9.20. The minimum Gasteiger partial charge on any atom is -0.506 e. The molecular weight excluding hydrogens is 260 g/mol. The van der Waals surface area contributed by atoms with E-state index in [1.165, 1.54) is 16.9 Å². The van der Waals surface area contributed by atoms with Gasteiger partial charge in [0.1, 0.15) is 11.5 Å². The van der Waals surface area contributed by atoms with Gasteiger partial charge < -0.3 is 15.7 Å². The molecule has 0 bridgehead atoms. The number of rotatable bonds is 2. The number of benzene rings is 1. The summed E-state index contributed by atoms with van der Waals surface area (Å²) in [6.45, 7) is 2.52. The van der Waals surface area contributed by atoms with Crippen LogP contribution in [0, 0.1) is 0 Å². The number of ether oxygens (including phenoxy) is 1. The minimum absolute atomic E-state index is 0.246. The van der Waals surface area contributed by atoms with E-state index < -0.39 is 0 Å². The second kappa shape index (κ2) is 4.59. The van der Waals surface area contributed by atoms with Gasteiger partial charge in [0.25, 0.3) is 0 Å². The number of nitrogens with zero attached hydrogens (tertiary/aromatic N) is 1. The van der Waals surface area contributed by atoms with Gasteiger partial charge in [0, 0.05) is 11.8 Å². The standard InChI is InChI=1S/C14H14N2O2S/c1-8(16-15)11-7-19-14(13(11)17)10-2-3-12-9(6-10)4-5-18-12/h2-3,6-7,17H,4-5,15H2,1H3. The predicted molar refractivity (Wildman–Crippen MR) is 77.0 cm³/mol. The van der Waals surface area contributed by atoms with E-state index in [9.17, 15) is 5.11 Å². The van der Waals surface area contributed by atoms with Gasteiger partial charge in [-0.1, -0.05) is 0 Å². The molecule has 0 saturated heterocycles. The maximum atomic E-state index is 10.3. The van der Waals surface area contributed by atoms with Crippen molar-refractivity contribution >= 4 is 17.0 Å². The summed E-state index contributed by atoms with van der Waals surface area (Å²) in [5, 5.41) is 15.8. The van der Waals surface area contributed by atoms with Crippen molar-refractivity contribution in [3.8, 4) is 21.9 Å². The summed E-state index contributed by atoms with van der Waals surface area (Å²) in [6.07, 6.45) is 0.922. The Bertz CT molecular complexity index is 661. The zero-order valence-corrected chi connectivity index (χ0v) is 11.3. The molecule has 0 spiro atoms. The van der Waals surface area contributed by atoms with E-state index >= 15 is 0 Å². The molecular formula is C14H14N2O2S.